The summed E-state index contributed by atoms with van der Waals surface area (Å²) in [6.45, 7) is 4.33. The van der Waals surface area contributed by atoms with Crippen molar-refractivity contribution in [2.45, 2.75) is 39.0 Å². The third-order valence-electron chi connectivity index (χ3n) is 7.44. The Balaban J connectivity index is 1.26. The van der Waals surface area contributed by atoms with Crippen molar-refractivity contribution >= 4 is 11.7 Å². The molecule has 0 spiro atoms. The summed E-state index contributed by atoms with van der Waals surface area (Å²) in [5.41, 5.74) is 14.5. The third kappa shape index (κ3) is 3.88. The molecule has 2 atom stereocenters. The van der Waals surface area contributed by atoms with Gasteiger partial charge in [-0.15, -0.1) is 0 Å². The number of nitrogens with one attached hydrogen (secondary N) is 1. The number of rotatable bonds is 6. The molecule has 7 nitrogen and oxygen atoms in total. The molecule has 2 aromatic carbocycles. The number of carbonyl (C=O) groups is 1. The van der Waals surface area contributed by atoms with Crippen LogP contribution in [0.4, 0.5) is 10.2 Å². The number of carbonyl (C=O) groups excluding carboxylic acids is 1. The van der Waals surface area contributed by atoms with Crippen LogP contribution in [0.2, 0.25) is 0 Å². The van der Waals surface area contributed by atoms with Crippen molar-refractivity contribution in [1.29, 1.82) is 0 Å². The Hall–Kier alpha value is -4.30. The number of amides is 1. The van der Waals surface area contributed by atoms with Gasteiger partial charge in [0.25, 0.3) is 5.91 Å². The van der Waals surface area contributed by atoms with Crippen molar-refractivity contribution < 1.29 is 18.7 Å². The van der Waals surface area contributed by atoms with Gasteiger partial charge in [-0.2, -0.15) is 0 Å². The summed E-state index contributed by atoms with van der Waals surface area (Å²) in [6, 6.07) is 14.6. The second-order valence-corrected chi connectivity index (χ2v) is 9.60. The standard InChI is InChI=1S/C30H27FN4O3/c1-4-16-11-26(32)35-15(2)23(16)13-34-30(36)18-6-8-20-22(10-18)29-21-9-17(5-7-19(21)28(20)38-29)24-14-33-27(37-3)12-25(24)31/h5-12,14,28-29H,4,13H2,1-3H3,(H2,32,35)(H,34,36)/t28-,29+/m0/s1. The van der Waals surface area contributed by atoms with Gasteiger partial charge in [-0.05, 0) is 76.6 Å². The smallest absolute Gasteiger partial charge is 0.251 e. The Bertz CT molecular complexity index is 1600. The van der Waals surface area contributed by atoms with Crippen molar-refractivity contribution in [3.05, 3.63) is 105 Å². The van der Waals surface area contributed by atoms with E-state index < -0.39 is 5.82 Å². The molecule has 0 unspecified atom stereocenters. The fraction of sp³-hybridized carbons (Fsp3) is 0.233. The highest BCUT2D eigenvalue weighted by atomic mass is 19.1. The van der Waals surface area contributed by atoms with E-state index in [1.165, 1.54) is 19.4 Å². The zero-order valence-electron chi connectivity index (χ0n) is 21.3. The number of benzene rings is 2. The van der Waals surface area contributed by atoms with Crippen LogP contribution in [-0.4, -0.2) is 23.0 Å². The SMILES string of the molecule is CCc1cc(N)nc(C)c1CNC(=O)c1ccc2c(c1)[C@@H]1O[C@H]2c2ccc(-c3cnc(OC)cc3F)cc21. The van der Waals surface area contributed by atoms with Crippen molar-refractivity contribution in [2.75, 3.05) is 12.8 Å². The van der Waals surface area contributed by atoms with E-state index in [4.69, 9.17) is 15.2 Å². The minimum atomic E-state index is -0.405. The number of anilines is 1. The third-order valence-corrected chi connectivity index (χ3v) is 7.44. The minimum absolute atomic E-state index is 0.172. The summed E-state index contributed by atoms with van der Waals surface area (Å²) >= 11 is 0. The average Bonchev–Trinajstić information content (AvgIpc) is 3.48. The van der Waals surface area contributed by atoms with Crippen LogP contribution >= 0.6 is 0 Å². The number of halogens is 1. The molecule has 2 bridgehead atoms. The number of nitrogens with zero attached hydrogens (tertiary/aromatic N) is 2. The summed E-state index contributed by atoms with van der Waals surface area (Å²) in [7, 11) is 1.45. The van der Waals surface area contributed by atoms with Crippen molar-refractivity contribution in [1.82, 2.24) is 15.3 Å². The van der Waals surface area contributed by atoms with Gasteiger partial charge >= 0.3 is 0 Å². The lowest BCUT2D eigenvalue weighted by Gasteiger charge is -2.18. The first-order valence-corrected chi connectivity index (χ1v) is 12.5. The molecule has 4 heterocycles. The summed E-state index contributed by atoms with van der Waals surface area (Å²) in [6.07, 6.45) is 1.76. The maximum Gasteiger partial charge on any atom is 0.251 e. The molecule has 0 saturated heterocycles. The normalized spacial score (nSPS) is 16.7. The molecule has 2 aromatic heterocycles. The number of aryl methyl sites for hydroxylation is 2. The first-order chi connectivity index (χ1) is 18.4. The van der Waals surface area contributed by atoms with E-state index in [0.29, 0.717) is 29.1 Å². The highest BCUT2D eigenvalue weighted by molar-refractivity contribution is 5.94. The molecule has 4 aromatic rings. The van der Waals surface area contributed by atoms with E-state index in [1.54, 1.807) is 0 Å². The molecule has 192 valence electrons. The van der Waals surface area contributed by atoms with Gasteiger partial charge in [0.15, 0.2) is 0 Å². The largest absolute Gasteiger partial charge is 0.481 e. The molecule has 6 rings (SSSR count). The molecule has 0 fully saturated rings. The zero-order valence-corrected chi connectivity index (χ0v) is 21.3. The summed E-state index contributed by atoms with van der Waals surface area (Å²) < 4.78 is 26.1. The molecular weight excluding hydrogens is 483 g/mol. The Labute approximate surface area is 219 Å². The lowest BCUT2D eigenvalue weighted by atomic mass is 9.84. The van der Waals surface area contributed by atoms with Gasteiger partial charge in [0.1, 0.15) is 23.8 Å². The molecule has 0 saturated carbocycles. The van der Waals surface area contributed by atoms with Crippen LogP contribution in [0.1, 0.15) is 68.6 Å². The maximum atomic E-state index is 14.7. The molecule has 2 aliphatic rings. The van der Waals surface area contributed by atoms with Gasteiger partial charge in [-0.1, -0.05) is 25.1 Å². The second-order valence-electron chi connectivity index (χ2n) is 9.60. The van der Waals surface area contributed by atoms with Crippen LogP contribution in [0, 0.1) is 12.7 Å². The van der Waals surface area contributed by atoms with E-state index in [2.05, 4.69) is 22.2 Å². The summed E-state index contributed by atoms with van der Waals surface area (Å²) in [4.78, 5) is 21.6. The van der Waals surface area contributed by atoms with Gasteiger partial charge in [0.05, 0.1) is 7.11 Å². The predicted molar refractivity (Wildman–Crippen MR) is 141 cm³/mol. The summed E-state index contributed by atoms with van der Waals surface area (Å²) in [5, 5.41) is 3.03. The monoisotopic (exact) mass is 510 g/mol. The average molecular weight is 511 g/mol. The maximum absolute atomic E-state index is 14.7. The van der Waals surface area contributed by atoms with Crippen LogP contribution < -0.4 is 15.8 Å². The van der Waals surface area contributed by atoms with Gasteiger partial charge in [-0.3, -0.25) is 4.79 Å². The molecular formula is C30H27FN4O3. The number of methoxy groups -OCH3 is 1. The number of fused-ring (bicyclic) bond motifs is 8. The van der Waals surface area contributed by atoms with Crippen molar-refractivity contribution in [2.24, 2.45) is 0 Å². The first kappa shape index (κ1) is 24.1. The van der Waals surface area contributed by atoms with E-state index in [1.807, 2.05) is 49.4 Å². The van der Waals surface area contributed by atoms with Crippen molar-refractivity contribution in [3.8, 4) is 17.0 Å². The molecule has 0 aliphatic carbocycles. The molecule has 2 aliphatic heterocycles. The summed E-state index contributed by atoms with van der Waals surface area (Å²) in [5.74, 6) is 0.132. The number of hydrogen-bond donors (Lipinski definition) is 2. The molecule has 8 heteroatoms. The molecule has 38 heavy (non-hydrogen) atoms. The number of nitrogens with two attached hydrogens (primary N) is 1. The number of aromatic nitrogens is 2. The number of hydrogen-bond acceptors (Lipinski definition) is 6. The first-order valence-electron chi connectivity index (χ1n) is 12.5. The van der Waals surface area contributed by atoms with E-state index in [0.717, 1.165) is 45.5 Å². The highest BCUT2D eigenvalue weighted by Crippen LogP contribution is 2.54. The van der Waals surface area contributed by atoms with Gasteiger partial charge < -0.3 is 20.5 Å². The molecule has 1 amide bonds. The molecule has 0 radical (unpaired) electrons. The second kappa shape index (κ2) is 9.22. The van der Waals surface area contributed by atoms with Gasteiger partial charge in [0.2, 0.25) is 5.88 Å². The Morgan fingerprint density at radius 1 is 1.08 bits per heavy atom. The van der Waals surface area contributed by atoms with Gasteiger partial charge in [-0.25, -0.2) is 14.4 Å². The molecule has 3 N–H and O–H groups in total. The van der Waals surface area contributed by atoms with Crippen LogP contribution in [0.3, 0.4) is 0 Å². The van der Waals surface area contributed by atoms with Gasteiger partial charge in [0, 0.05) is 35.6 Å². The predicted octanol–water partition coefficient (Wildman–Crippen LogP) is 5.20. The quantitative estimate of drug-likeness (QED) is 0.370. The van der Waals surface area contributed by atoms with Crippen LogP contribution in [-0.2, 0) is 17.7 Å². The van der Waals surface area contributed by atoms with Crippen LogP contribution in [0.5, 0.6) is 5.88 Å². The Kier molecular flexibility index (Phi) is 5.84. The van der Waals surface area contributed by atoms with Crippen molar-refractivity contribution in [3.63, 3.8) is 0 Å². The van der Waals surface area contributed by atoms with E-state index >= 15 is 0 Å². The lowest BCUT2D eigenvalue weighted by Crippen LogP contribution is -2.24. The highest BCUT2D eigenvalue weighted by Gasteiger charge is 2.43. The minimum Gasteiger partial charge on any atom is -0.481 e. The lowest BCUT2D eigenvalue weighted by molar-refractivity contribution is 0.0857. The Morgan fingerprint density at radius 2 is 1.82 bits per heavy atom. The van der Waals surface area contributed by atoms with E-state index in [-0.39, 0.29) is 24.0 Å². The fourth-order valence-corrected chi connectivity index (χ4v) is 5.51. The number of pyridine rings is 2. The topological polar surface area (TPSA) is 99.4 Å². The van der Waals surface area contributed by atoms with E-state index in [9.17, 15) is 9.18 Å². The Morgan fingerprint density at radius 3 is 2.55 bits per heavy atom. The van der Waals surface area contributed by atoms with Crippen LogP contribution in [0.25, 0.3) is 11.1 Å². The number of nitrogen functional groups attached to an aromatic ring is 1. The fourth-order valence-electron chi connectivity index (χ4n) is 5.51. The van der Waals surface area contributed by atoms with Crippen LogP contribution in [0.15, 0.2) is 54.7 Å². The number of ether oxygens (including phenoxy) is 2. The zero-order chi connectivity index (χ0) is 26.6.